The Hall–Kier alpha value is -0.330. The third-order valence-corrected chi connectivity index (χ3v) is 4.00. The zero-order valence-corrected chi connectivity index (χ0v) is 12.6. The maximum Gasteiger partial charge on any atom is 0.251 e. The number of carbonyl (C=O) groups is 1. The minimum absolute atomic E-state index is 0.121. The Morgan fingerprint density at radius 1 is 1.53 bits per heavy atom. The molecule has 1 aromatic carbocycles. The normalized spacial score (nSPS) is 12.6. The van der Waals surface area contributed by atoms with E-state index >= 15 is 0 Å². The van der Waals surface area contributed by atoms with Gasteiger partial charge in [-0.3, -0.25) is 4.79 Å². The van der Waals surface area contributed by atoms with Gasteiger partial charge < -0.3 is 10.4 Å². The van der Waals surface area contributed by atoms with Crippen molar-refractivity contribution in [2.45, 2.75) is 20.0 Å². The molecule has 0 heterocycles. The molecule has 1 rings (SSSR count). The average Bonchev–Trinajstić information content (AvgIpc) is 2.28. The summed E-state index contributed by atoms with van der Waals surface area (Å²) in [5.74, 6) is -0.0985. The van der Waals surface area contributed by atoms with E-state index in [1.165, 1.54) is 0 Å². The van der Waals surface area contributed by atoms with E-state index in [4.69, 9.17) is 11.6 Å². The second-order valence-electron chi connectivity index (χ2n) is 4.15. The van der Waals surface area contributed by atoms with Gasteiger partial charge in [-0.1, -0.05) is 25.4 Å². The van der Waals surface area contributed by atoms with Crippen LogP contribution < -0.4 is 5.32 Å². The SMILES string of the molecule is CC(C)C(O)CNC(=O)c1ccc(I)c(Cl)c1. The summed E-state index contributed by atoms with van der Waals surface area (Å²) < 4.78 is 0.906. The first-order valence-electron chi connectivity index (χ1n) is 5.33. The van der Waals surface area contributed by atoms with E-state index < -0.39 is 6.10 Å². The maximum atomic E-state index is 11.8. The number of hydrogen-bond acceptors (Lipinski definition) is 2. The molecule has 0 radical (unpaired) electrons. The lowest BCUT2D eigenvalue weighted by Crippen LogP contribution is -2.34. The number of halogens is 2. The molecule has 0 bridgehead atoms. The molecule has 0 aliphatic rings. The molecular weight excluding hydrogens is 352 g/mol. The molecule has 0 aromatic heterocycles. The molecule has 94 valence electrons. The van der Waals surface area contributed by atoms with Crippen molar-refractivity contribution in [2.75, 3.05) is 6.54 Å². The summed E-state index contributed by atoms with van der Waals surface area (Å²) >= 11 is 8.04. The van der Waals surface area contributed by atoms with Gasteiger partial charge in [0.1, 0.15) is 0 Å². The highest BCUT2D eigenvalue weighted by atomic mass is 127. The van der Waals surface area contributed by atoms with E-state index in [1.807, 2.05) is 13.8 Å². The first-order chi connectivity index (χ1) is 7.91. The fourth-order valence-electron chi connectivity index (χ4n) is 1.17. The summed E-state index contributed by atoms with van der Waals surface area (Å²) in [6.07, 6.45) is -0.529. The molecule has 1 unspecified atom stereocenters. The molecule has 0 saturated carbocycles. The Morgan fingerprint density at radius 2 is 2.18 bits per heavy atom. The molecule has 17 heavy (non-hydrogen) atoms. The quantitative estimate of drug-likeness (QED) is 0.804. The van der Waals surface area contributed by atoms with E-state index in [9.17, 15) is 9.90 Å². The van der Waals surface area contributed by atoms with Crippen LogP contribution in [0.1, 0.15) is 24.2 Å². The van der Waals surface area contributed by atoms with Crippen molar-refractivity contribution < 1.29 is 9.90 Å². The fourth-order valence-corrected chi connectivity index (χ4v) is 1.69. The number of rotatable bonds is 4. The second kappa shape index (κ2) is 6.56. The van der Waals surface area contributed by atoms with E-state index in [-0.39, 0.29) is 18.4 Å². The van der Waals surface area contributed by atoms with Crippen LogP contribution in [-0.4, -0.2) is 23.7 Å². The Bertz CT molecular complexity index is 409. The molecule has 1 amide bonds. The zero-order chi connectivity index (χ0) is 13.0. The van der Waals surface area contributed by atoms with Crippen LogP contribution in [-0.2, 0) is 0 Å². The summed E-state index contributed by atoms with van der Waals surface area (Å²) in [7, 11) is 0. The topological polar surface area (TPSA) is 49.3 Å². The third kappa shape index (κ3) is 4.44. The Morgan fingerprint density at radius 3 is 2.71 bits per heavy atom. The van der Waals surface area contributed by atoms with E-state index in [2.05, 4.69) is 27.9 Å². The van der Waals surface area contributed by atoms with Crippen LogP contribution in [0.3, 0.4) is 0 Å². The predicted octanol–water partition coefficient (Wildman–Crippen LogP) is 2.69. The molecule has 3 nitrogen and oxygen atoms in total. The van der Waals surface area contributed by atoms with Gasteiger partial charge in [0.2, 0.25) is 0 Å². The standard InChI is InChI=1S/C12H15ClINO2/c1-7(2)11(16)6-15-12(17)8-3-4-10(14)9(13)5-8/h3-5,7,11,16H,6H2,1-2H3,(H,15,17). The van der Waals surface area contributed by atoms with Crippen LogP contribution >= 0.6 is 34.2 Å². The highest BCUT2D eigenvalue weighted by molar-refractivity contribution is 14.1. The Kier molecular flexibility index (Phi) is 5.69. The van der Waals surface area contributed by atoms with Crippen molar-refractivity contribution >= 4 is 40.1 Å². The summed E-state index contributed by atoms with van der Waals surface area (Å²) in [5.41, 5.74) is 0.506. The van der Waals surface area contributed by atoms with Gasteiger partial charge in [0.25, 0.3) is 5.91 Å². The molecule has 5 heteroatoms. The summed E-state index contributed by atoms with van der Waals surface area (Å²) in [4.78, 5) is 11.8. The first kappa shape index (κ1) is 14.7. The van der Waals surface area contributed by atoms with Gasteiger partial charge in [0.15, 0.2) is 0 Å². The second-order valence-corrected chi connectivity index (χ2v) is 5.72. The van der Waals surface area contributed by atoms with Crippen LogP contribution in [0.15, 0.2) is 18.2 Å². The monoisotopic (exact) mass is 367 g/mol. The largest absolute Gasteiger partial charge is 0.391 e. The number of aliphatic hydroxyl groups excluding tert-OH is 1. The number of hydrogen-bond donors (Lipinski definition) is 2. The lowest BCUT2D eigenvalue weighted by molar-refractivity contribution is 0.0871. The smallest absolute Gasteiger partial charge is 0.251 e. The van der Waals surface area contributed by atoms with Gasteiger partial charge in [-0.15, -0.1) is 0 Å². The van der Waals surface area contributed by atoms with Crippen molar-refractivity contribution in [3.05, 3.63) is 32.4 Å². The molecule has 0 saturated heterocycles. The van der Waals surface area contributed by atoms with Crippen molar-refractivity contribution in [1.29, 1.82) is 0 Å². The predicted molar refractivity (Wildman–Crippen MR) is 77.3 cm³/mol. The molecule has 0 spiro atoms. The lowest BCUT2D eigenvalue weighted by atomic mass is 10.1. The van der Waals surface area contributed by atoms with Gasteiger partial charge in [0.05, 0.1) is 11.1 Å². The average molecular weight is 368 g/mol. The van der Waals surface area contributed by atoms with Crippen LogP contribution in [0.25, 0.3) is 0 Å². The number of nitrogens with one attached hydrogen (secondary N) is 1. The molecule has 1 aromatic rings. The van der Waals surface area contributed by atoms with Crippen LogP contribution in [0.5, 0.6) is 0 Å². The molecular formula is C12H15ClINO2. The maximum absolute atomic E-state index is 11.8. The van der Waals surface area contributed by atoms with Gasteiger partial charge >= 0.3 is 0 Å². The summed E-state index contributed by atoms with van der Waals surface area (Å²) in [6, 6.07) is 5.13. The molecule has 2 N–H and O–H groups in total. The molecule has 1 atom stereocenters. The number of benzene rings is 1. The molecule has 0 aliphatic carbocycles. The van der Waals surface area contributed by atoms with E-state index in [0.29, 0.717) is 10.6 Å². The molecule has 0 fully saturated rings. The van der Waals surface area contributed by atoms with Crippen molar-refractivity contribution in [3.8, 4) is 0 Å². The number of aliphatic hydroxyl groups is 1. The van der Waals surface area contributed by atoms with Crippen LogP contribution in [0.2, 0.25) is 5.02 Å². The minimum Gasteiger partial charge on any atom is -0.391 e. The number of carbonyl (C=O) groups excluding carboxylic acids is 1. The van der Waals surface area contributed by atoms with E-state index in [0.717, 1.165) is 3.57 Å². The molecule has 0 aliphatic heterocycles. The van der Waals surface area contributed by atoms with Crippen LogP contribution in [0, 0.1) is 9.49 Å². The Labute approximate surface area is 120 Å². The van der Waals surface area contributed by atoms with Gasteiger partial charge in [-0.05, 0) is 46.7 Å². The minimum atomic E-state index is -0.529. The zero-order valence-electron chi connectivity index (χ0n) is 9.71. The van der Waals surface area contributed by atoms with Gasteiger partial charge in [-0.25, -0.2) is 0 Å². The van der Waals surface area contributed by atoms with Crippen molar-refractivity contribution in [1.82, 2.24) is 5.32 Å². The lowest BCUT2D eigenvalue weighted by Gasteiger charge is -2.15. The highest BCUT2D eigenvalue weighted by Crippen LogP contribution is 2.19. The summed E-state index contributed by atoms with van der Waals surface area (Å²) in [6.45, 7) is 4.05. The van der Waals surface area contributed by atoms with Crippen LogP contribution in [0.4, 0.5) is 0 Å². The van der Waals surface area contributed by atoms with E-state index in [1.54, 1.807) is 18.2 Å². The van der Waals surface area contributed by atoms with Crippen molar-refractivity contribution in [2.24, 2.45) is 5.92 Å². The third-order valence-electron chi connectivity index (χ3n) is 2.42. The first-order valence-corrected chi connectivity index (χ1v) is 6.78. The number of amides is 1. The van der Waals surface area contributed by atoms with Gasteiger partial charge in [0, 0.05) is 15.7 Å². The van der Waals surface area contributed by atoms with Gasteiger partial charge in [-0.2, -0.15) is 0 Å². The fraction of sp³-hybridized carbons (Fsp3) is 0.417. The summed E-state index contributed by atoms with van der Waals surface area (Å²) in [5, 5.41) is 12.8. The van der Waals surface area contributed by atoms with Crippen molar-refractivity contribution in [3.63, 3.8) is 0 Å². The Balaban J connectivity index is 2.61. The highest BCUT2D eigenvalue weighted by Gasteiger charge is 2.12.